The molecule has 1 unspecified atom stereocenters. The van der Waals surface area contributed by atoms with Crippen LogP contribution in [0.1, 0.15) is 43.4 Å². The van der Waals surface area contributed by atoms with Gasteiger partial charge in [0, 0.05) is 11.6 Å². The summed E-state index contributed by atoms with van der Waals surface area (Å²) < 4.78 is 5.51. The summed E-state index contributed by atoms with van der Waals surface area (Å²) in [6, 6.07) is 6.87. The van der Waals surface area contributed by atoms with Crippen molar-refractivity contribution in [1.29, 1.82) is 0 Å². The van der Waals surface area contributed by atoms with Crippen LogP contribution < -0.4 is 4.74 Å². The van der Waals surface area contributed by atoms with Crippen molar-refractivity contribution < 1.29 is 4.74 Å². The van der Waals surface area contributed by atoms with E-state index in [1.807, 2.05) is 0 Å². The fourth-order valence-corrected chi connectivity index (χ4v) is 2.43. The maximum atomic E-state index is 5.51. The van der Waals surface area contributed by atoms with Gasteiger partial charge in [-0.2, -0.15) is 12.6 Å². The second-order valence-electron chi connectivity index (χ2n) is 5.15. The molecule has 0 saturated carbocycles. The van der Waals surface area contributed by atoms with E-state index in [4.69, 9.17) is 4.74 Å². The molecule has 0 aliphatic heterocycles. The average molecular weight is 267 g/mol. The highest BCUT2D eigenvalue weighted by atomic mass is 32.1. The molecule has 0 bridgehead atoms. The van der Waals surface area contributed by atoms with Gasteiger partial charge in [-0.1, -0.05) is 26.0 Å². The van der Waals surface area contributed by atoms with Gasteiger partial charge in [0.2, 0.25) is 0 Å². The minimum absolute atomic E-state index is 0.358. The summed E-state index contributed by atoms with van der Waals surface area (Å²) in [7, 11) is 5.95. The number of methoxy groups -OCH3 is 1. The monoisotopic (exact) mass is 267 g/mol. The normalized spacial score (nSPS) is 13.1. The zero-order valence-corrected chi connectivity index (χ0v) is 13.0. The van der Waals surface area contributed by atoms with E-state index in [1.54, 1.807) is 7.11 Å². The molecule has 18 heavy (non-hydrogen) atoms. The van der Waals surface area contributed by atoms with Crippen LogP contribution >= 0.6 is 12.6 Å². The Hall–Kier alpha value is -0.670. The van der Waals surface area contributed by atoms with E-state index < -0.39 is 0 Å². The second kappa shape index (κ2) is 7.05. The van der Waals surface area contributed by atoms with Crippen molar-refractivity contribution in [3.8, 4) is 5.75 Å². The Morgan fingerprint density at radius 2 is 1.94 bits per heavy atom. The molecule has 1 aromatic carbocycles. The molecular weight excluding hydrogens is 242 g/mol. The molecule has 0 spiro atoms. The van der Waals surface area contributed by atoms with Crippen molar-refractivity contribution in [2.24, 2.45) is 0 Å². The molecule has 0 fully saturated rings. The van der Waals surface area contributed by atoms with Gasteiger partial charge < -0.3 is 9.64 Å². The van der Waals surface area contributed by atoms with Crippen molar-refractivity contribution in [2.45, 2.75) is 32.2 Å². The largest absolute Gasteiger partial charge is 0.496 e. The Labute approximate surface area is 117 Å². The van der Waals surface area contributed by atoms with Gasteiger partial charge in [0.1, 0.15) is 5.75 Å². The number of thiol groups is 1. The number of ether oxygens (including phenoxy) is 1. The lowest BCUT2D eigenvalue weighted by atomic mass is 9.95. The zero-order valence-electron chi connectivity index (χ0n) is 12.1. The fourth-order valence-electron chi connectivity index (χ4n) is 2.19. The SMILES string of the molecule is COc1ccc(C(C)C)cc1C(CCS)N(C)C. The predicted molar refractivity (Wildman–Crippen MR) is 82.0 cm³/mol. The molecule has 1 rings (SSSR count). The third kappa shape index (κ3) is 3.66. The maximum absolute atomic E-state index is 5.51. The number of hydrogen-bond donors (Lipinski definition) is 1. The molecule has 0 heterocycles. The number of hydrogen-bond acceptors (Lipinski definition) is 3. The smallest absolute Gasteiger partial charge is 0.123 e. The van der Waals surface area contributed by atoms with Gasteiger partial charge in [-0.15, -0.1) is 0 Å². The van der Waals surface area contributed by atoms with Crippen LogP contribution in [0, 0.1) is 0 Å². The number of rotatable bonds is 6. The molecule has 0 aliphatic carbocycles. The van der Waals surface area contributed by atoms with E-state index >= 15 is 0 Å². The molecule has 0 saturated heterocycles. The minimum atomic E-state index is 0.358. The Morgan fingerprint density at radius 1 is 1.28 bits per heavy atom. The molecule has 102 valence electrons. The molecule has 0 N–H and O–H groups in total. The van der Waals surface area contributed by atoms with Gasteiger partial charge >= 0.3 is 0 Å². The van der Waals surface area contributed by atoms with Crippen LogP contribution in [0.25, 0.3) is 0 Å². The van der Waals surface area contributed by atoms with Crippen molar-refractivity contribution >= 4 is 12.6 Å². The summed E-state index contributed by atoms with van der Waals surface area (Å²) in [6.45, 7) is 4.43. The summed E-state index contributed by atoms with van der Waals surface area (Å²) in [5.41, 5.74) is 2.62. The van der Waals surface area contributed by atoms with Gasteiger partial charge in [-0.25, -0.2) is 0 Å². The van der Waals surface area contributed by atoms with Crippen LogP contribution in [0.5, 0.6) is 5.75 Å². The lowest BCUT2D eigenvalue weighted by Crippen LogP contribution is -2.21. The van der Waals surface area contributed by atoms with E-state index in [0.29, 0.717) is 12.0 Å². The molecule has 1 aromatic rings. The molecule has 2 nitrogen and oxygen atoms in total. The van der Waals surface area contributed by atoms with Crippen molar-refractivity contribution in [1.82, 2.24) is 4.90 Å². The minimum Gasteiger partial charge on any atom is -0.496 e. The molecule has 1 atom stereocenters. The summed E-state index contributed by atoms with van der Waals surface area (Å²) in [5, 5.41) is 0. The molecular formula is C15H25NOS. The third-order valence-electron chi connectivity index (χ3n) is 3.31. The van der Waals surface area contributed by atoms with Gasteiger partial charge in [0.25, 0.3) is 0 Å². The van der Waals surface area contributed by atoms with Crippen LogP contribution in [0.15, 0.2) is 18.2 Å². The van der Waals surface area contributed by atoms with Gasteiger partial charge in [-0.05, 0) is 43.8 Å². The van der Waals surface area contributed by atoms with Crippen LogP contribution in [-0.2, 0) is 0 Å². The fraction of sp³-hybridized carbons (Fsp3) is 0.600. The zero-order chi connectivity index (χ0) is 13.7. The highest BCUT2D eigenvalue weighted by Crippen LogP contribution is 2.33. The maximum Gasteiger partial charge on any atom is 0.123 e. The van der Waals surface area contributed by atoms with Crippen LogP contribution in [0.4, 0.5) is 0 Å². The predicted octanol–water partition coefficient (Wildman–Crippen LogP) is 3.74. The molecule has 0 amide bonds. The summed E-state index contributed by atoms with van der Waals surface area (Å²) in [5.74, 6) is 2.38. The Kier molecular flexibility index (Phi) is 6.03. The van der Waals surface area contributed by atoms with Gasteiger partial charge in [0.15, 0.2) is 0 Å². The summed E-state index contributed by atoms with van der Waals surface area (Å²) in [6.07, 6.45) is 1.02. The van der Waals surface area contributed by atoms with E-state index in [9.17, 15) is 0 Å². The van der Waals surface area contributed by atoms with Gasteiger partial charge in [-0.3, -0.25) is 0 Å². The van der Waals surface area contributed by atoms with Crippen molar-refractivity contribution in [2.75, 3.05) is 27.0 Å². The van der Waals surface area contributed by atoms with Crippen LogP contribution in [0.3, 0.4) is 0 Å². The van der Waals surface area contributed by atoms with E-state index in [-0.39, 0.29) is 0 Å². The highest BCUT2D eigenvalue weighted by Gasteiger charge is 2.18. The molecule has 0 aliphatic rings. The van der Waals surface area contributed by atoms with E-state index in [1.165, 1.54) is 11.1 Å². The Bertz CT molecular complexity index is 377. The average Bonchev–Trinajstić information content (AvgIpc) is 2.34. The number of nitrogens with zero attached hydrogens (tertiary/aromatic N) is 1. The second-order valence-corrected chi connectivity index (χ2v) is 5.59. The first-order valence-corrected chi connectivity index (χ1v) is 7.09. The summed E-state index contributed by atoms with van der Waals surface area (Å²) >= 11 is 4.37. The topological polar surface area (TPSA) is 12.5 Å². The van der Waals surface area contributed by atoms with E-state index in [0.717, 1.165) is 17.9 Å². The standard InChI is InChI=1S/C15H25NOS/c1-11(2)12-6-7-15(17-5)13(10-12)14(8-9-18)16(3)4/h6-7,10-11,14,18H,8-9H2,1-5H3. The first-order valence-electron chi connectivity index (χ1n) is 6.46. The Morgan fingerprint density at radius 3 is 2.39 bits per heavy atom. The first kappa shape index (κ1) is 15.4. The first-order chi connectivity index (χ1) is 8.51. The number of benzene rings is 1. The lowest BCUT2D eigenvalue weighted by Gasteiger charge is -2.26. The molecule has 0 aromatic heterocycles. The van der Waals surface area contributed by atoms with Gasteiger partial charge in [0.05, 0.1) is 7.11 Å². The van der Waals surface area contributed by atoms with E-state index in [2.05, 4.69) is 63.7 Å². The lowest BCUT2D eigenvalue weighted by molar-refractivity contribution is 0.283. The quantitative estimate of drug-likeness (QED) is 0.788. The highest BCUT2D eigenvalue weighted by molar-refractivity contribution is 7.80. The Balaban J connectivity index is 3.19. The van der Waals surface area contributed by atoms with Crippen molar-refractivity contribution in [3.63, 3.8) is 0 Å². The molecule has 3 heteroatoms. The van der Waals surface area contributed by atoms with Crippen molar-refractivity contribution in [3.05, 3.63) is 29.3 Å². The third-order valence-corrected chi connectivity index (χ3v) is 3.56. The summed E-state index contributed by atoms with van der Waals surface area (Å²) in [4.78, 5) is 2.23. The molecule has 0 radical (unpaired) electrons. The van der Waals surface area contributed by atoms with Crippen LogP contribution in [0.2, 0.25) is 0 Å². The van der Waals surface area contributed by atoms with Crippen LogP contribution in [-0.4, -0.2) is 31.9 Å².